The Kier molecular flexibility index (Phi) is 6.80. The zero-order chi connectivity index (χ0) is 22.3. The van der Waals surface area contributed by atoms with E-state index < -0.39 is 0 Å². The maximum absolute atomic E-state index is 12.6. The number of rotatable bonds is 7. The van der Waals surface area contributed by atoms with Gasteiger partial charge in [-0.05, 0) is 67.6 Å². The minimum absolute atomic E-state index is 0.000590. The standard InChI is InChI=1S/C26H28N2O4/c1-20-3-7-24(8-4-20)32-25-13-11-23(12-14-25)31-19-26(29)28-17-15-27(16-18-28)21-5-9-22(30-2)10-6-21/h3-14H,15-19H2,1-2H3. The van der Waals surface area contributed by atoms with E-state index in [0.29, 0.717) is 18.8 Å². The van der Waals surface area contributed by atoms with Gasteiger partial charge in [-0.25, -0.2) is 0 Å². The van der Waals surface area contributed by atoms with Crippen LogP contribution < -0.4 is 19.1 Å². The van der Waals surface area contributed by atoms with Gasteiger partial charge in [0.2, 0.25) is 0 Å². The molecule has 0 aromatic heterocycles. The Bertz CT molecular complexity index is 1010. The number of hydrogen-bond acceptors (Lipinski definition) is 5. The van der Waals surface area contributed by atoms with Crippen LogP contribution in [0.2, 0.25) is 0 Å². The summed E-state index contributed by atoms with van der Waals surface area (Å²) in [5.41, 5.74) is 2.33. The van der Waals surface area contributed by atoms with Gasteiger partial charge in [0.05, 0.1) is 7.11 Å². The average Bonchev–Trinajstić information content (AvgIpc) is 2.85. The van der Waals surface area contributed by atoms with Crippen molar-refractivity contribution in [2.75, 3.05) is 44.8 Å². The number of aryl methyl sites for hydroxylation is 1. The molecule has 32 heavy (non-hydrogen) atoms. The van der Waals surface area contributed by atoms with E-state index in [-0.39, 0.29) is 12.5 Å². The second-order valence-corrected chi connectivity index (χ2v) is 7.74. The van der Waals surface area contributed by atoms with Gasteiger partial charge in [-0.3, -0.25) is 4.79 Å². The van der Waals surface area contributed by atoms with Gasteiger partial charge in [0.15, 0.2) is 6.61 Å². The Balaban J connectivity index is 1.23. The van der Waals surface area contributed by atoms with Crippen LogP contribution in [0.3, 0.4) is 0 Å². The third kappa shape index (κ3) is 5.52. The van der Waals surface area contributed by atoms with Gasteiger partial charge < -0.3 is 24.0 Å². The van der Waals surface area contributed by atoms with Crippen molar-refractivity contribution in [3.05, 3.63) is 78.4 Å². The molecule has 0 aliphatic carbocycles. The summed E-state index contributed by atoms with van der Waals surface area (Å²) in [7, 11) is 1.66. The predicted octanol–water partition coefficient (Wildman–Crippen LogP) is 4.52. The van der Waals surface area contributed by atoms with Gasteiger partial charge in [-0.15, -0.1) is 0 Å². The van der Waals surface area contributed by atoms with E-state index in [2.05, 4.69) is 4.90 Å². The van der Waals surface area contributed by atoms with Crippen LogP contribution in [0.5, 0.6) is 23.0 Å². The van der Waals surface area contributed by atoms with Crippen LogP contribution in [0.15, 0.2) is 72.8 Å². The summed E-state index contributed by atoms with van der Waals surface area (Å²) in [5, 5.41) is 0. The van der Waals surface area contributed by atoms with E-state index in [4.69, 9.17) is 14.2 Å². The van der Waals surface area contributed by atoms with Crippen molar-refractivity contribution in [2.24, 2.45) is 0 Å². The molecule has 0 unspecified atom stereocenters. The lowest BCUT2D eigenvalue weighted by Crippen LogP contribution is -2.50. The first kappa shape index (κ1) is 21.6. The van der Waals surface area contributed by atoms with Crippen molar-refractivity contribution in [1.82, 2.24) is 4.90 Å². The summed E-state index contributed by atoms with van der Waals surface area (Å²) >= 11 is 0. The molecule has 3 aromatic rings. The zero-order valence-corrected chi connectivity index (χ0v) is 18.5. The largest absolute Gasteiger partial charge is 0.497 e. The summed E-state index contributed by atoms with van der Waals surface area (Å²) in [6.45, 7) is 5.01. The summed E-state index contributed by atoms with van der Waals surface area (Å²) in [4.78, 5) is 16.7. The number of amides is 1. The Morgan fingerprint density at radius 1 is 0.750 bits per heavy atom. The van der Waals surface area contributed by atoms with Crippen molar-refractivity contribution in [3.8, 4) is 23.0 Å². The maximum atomic E-state index is 12.6. The Labute approximate surface area is 188 Å². The van der Waals surface area contributed by atoms with Crippen LogP contribution in [-0.2, 0) is 4.79 Å². The summed E-state index contributed by atoms with van der Waals surface area (Å²) < 4.78 is 16.7. The number of carbonyl (C=O) groups is 1. The van der Waals surface area contributed by atoms with Gasteiger partial charge in [0.25, 0.3) is 5.91 Å². The van der Waals surface area contributed by atoms with Crippen molar-refractivity contribution >= 4 is 11.6 Å². The van der Waals surface area contributed by atoms with Crippen LogP contribution in [0.4, 0.5) is 5.69 Å². The molecule has 0 spiro atoms. The van der Waals surface area contributed by atoms with Crippen LogP contribution in [-0.4, -0.2) is 50.7 Å². The normalized spacial score (nSPS) is 13.6. The lowest BCUT2D eigenvalue weighted by molar-refractivity contribution is -0.133. The number of anilines is 1. The molecule has 1 fully saturated rings. The van der Waals surface area contributed by atoms with E-state index in [9.17, 15) is 4.79 Å². The predicted molar refractivity (Wildman–Crippen MR) is 125 cm³/mol. The highest BCUT2D eigenvalue weighted by molar-refractivity contribution is 5.78. The quantitative estimate of drug-likeness (QED) is 0.549. The number of benzene rings is 3. The molecule has 0 bridgehead atoms. The molecular weight excluding hydrogens is 404 g/mol. The number of ether oxygens (including phenoxy) is 3. The molecule has 0 saturated carbocycles. The highest BCUT2D eigenvalue weighted by Gasteiger charge is 2.21. The zero-order valence-electron chi connectivity index (χ0n) is 18.5. The van der Waals surface area contributed by atoms with Crippen molar-refractivity contribution < 1.29 is 19.0 Å². The number of carbonyl (C=O) groups excluding carboxylic acids is 1. The van der Waals surface area contributed by atoms with Crippen LogP contribution in [0.25, 0.3) is 0 Å². The summed E-state index contributed by atoms with van der Waals surface area (Å²) in [6, 6.07) is 23.2. The fraction of sp³-hybridized carbons (Fsp3) is 0.269. The molecule has 3 aromatic carbocycles. The first-order chi connectivity index (χ1) is 15.6. The first-order valence-electron chi connectivity index (χ1n) is 10.7. The van der Waals surface area contributed by atoms with Crippen molar-refractivity contribution in [2.45, 2.75) is 6.92 Å². The molecule has 1 saturated heterocycles. The third-order valence-corrected chi connectivity index (χ3v) is 5.51. The molecule has 6 heteroatoms. The van der Waals surface area contributed by atoms with Crippen LogP contribution in [0.1, 0.15) is 5.56 Å². The molecule has 0 atom stereocenters. The molecule has 0 radical (unpaired) electrons. The first-order valence-corrected chi connectivity index (χ1v) is 10.7. The van der Waals surface area contributed by atoms with E-state index in [1.54, 1.807) is 7.11 Å². The molecule has 1 aliphatic rings. The average molecular weight is 433 g/mol. The van der Waals surface area contributed by atoms with Gasteiger partial charge >= 0.3 is 0 Å². The highest BCUT2D eigenvalue weighted by atomic mass is 16.5. The monoisotopic (exact) mass is 432 g/mol. The Hall–Kier alpha value is -3.67. The molecule has 0 N–H and O–H groups in total. The maximum Gasteiger partial charge on any atom is 0.260 e. The molecular formula is C26H28N2O4. The topological polar surface area (TPSA) is 51.2 Å². The molecule has 1 amide bonds. The van der Waals surface area contributed by atoms with E-state index in [0.717, 1.165) is 36.0 Å². The lowest BCUT2D eigenvalue weighted by Gasteiger charge is -2.36. The van der Waals surface area contributed by atoms with Crippen LogP contribution >= 0.6 is 0 Å². The number of piperazine rings is 1. The lowest BCUT2D eigenvalue weighted by atomic mass is 10.2. The number of hydrogen-bond donors (Lipinski definition) is 0. The second-order valence-electron chi connectivity index (χ2n) is 7.74. The highest BCUT2D eigenvalue weighted by Crippen LogP contribution is 2.24. The third-order valence-electron chi connectivity index (χ3n) is 5.51. The van der Waals surface area contributed by atoms with Gasteiger partial charge in [-0.2, -0.15) is 0 Å². The van der Waals surface area contributed by atoms with Crippen molar-refractivity contribution in [1.29, 1.82) is 0 Å². The van der Waals surface area contributed by atoms with E-state index in [1.165, 1.54) is 5.56 Å². The minimum Gasteiger partial charge on any atom is -0.497 e. The van der Waals surface area contributed by atoms with Gasteiger partial charge in [0.1, 0.15) is 23.0 Å². The fourth-order valence-corrected chi connectivity index (χ4v) is 3.59. The smallest absolute Gasteiger partial charge is 0.260 e. The number of methoxy groups -OCH3 is 1. The molecule has 1 heterocycles. The second kappa shape index (κ2) is 10.1. The minimum atomic E-state index is -0.000590. The summed E-state index contributed by atoms with van der Waals surface area (Å²) in [6.07, 6.45) is 0. The SMILES string of the molecule is COc1ccc(N2CCN(C(=O)COc3ccc(Oc4ccc(C)cc4)cc3)CC2)cc1. The number of nitrogens with zero attached hydrogens (tertiary/aromatic N) is 2. The van der Waals surface area contributed by atoms with Crippen LogP contribution in [0, 0.1) is 6.92 Å². The molecule has 166 valence electrons. The molecule has 6 nitrogen and oxygen atoms in total. The Morgan fingerprint density at radius 3 is 1.88 bits per heavy atom. The van der Waals surface area contributed by atoms with E-state index >= 15 is 0 Å². The van der Waals surface area contributed by atoms with Gasteiger partial charge in [-0.1, -0.05) is 17.7 Å². The molecule has 1 aliphatic heterocycles. The fourth-order valence-electron chi connectivity index (χ4n) is 3.59. The van der Waals surface area contributed by atoms with E-state index in [1.807, 2.05) is 84.6 Å². The summed E-state index contributed by atoms with van der Waals surface area (Å²) in [5.74, 6) is 3.00. The van der Waals surface area contributed by atoms with Crippen molar-refractivity contribution in [3.63, 3.8) is 0 Å². The Morgan fingerprint density at radius 2 is 1.28 bits per heavy atom. The molecule has 4 rings (SSSR count). The van der Waals surface area contributed by atoms with Gasteiger partial charge in [0, 0.05) is 31.9 Å².